The second kappa shape index (κ2) is 37.5. The lowest BCUT2D eigenvalue weighted by molar-refractivity contribution is -0.157. The van der Waals surface area contributed by atoms with Gasteiger partial charge in [0.2, 0.25) is 76.8 Å². The number of nitrogens with zero attached hydrogens (tertiary/aromatic N) is 2. The smallest absolute Gasteiger partial charge is 0.329 e. The molecule has 0 aromatic carbocycles. The average Bonchev–Trinajstić information content (AvgIpc) is 1.85. The molecule has 0 aliphatic carbocycles. The van der Waals surface area contributed by atoms with Gasteiger partial charge in [-0.2, -0.15) is 0 Å². The molecule has 3 rings (SSSR count). The number of likely N-dealkylation sites (tertiary alicyclic amines) is 1. The number of carbonyl (C=O) groups excluding carboxylic acids is 14. The van der Waals surface area contributed by atoms with Crippen LogP contribution in [0.4, 0.5) is 0 Å². The van der Waals surface area contributed by atoms with Crippen LogP contribution in [-0.4, -0.2) is 191 Å². The van der Waals surface area contributed by atoms with Crippen LogP contribution in [0, 0.1) is 41.4 Å². The van der Waals surface area contributed by atoms with E-state index < -0.39 is 185 Å². The van der Waals surface area contributed by atoms with Crippen LogP contribution < -0.4 is 58.5 Å². The highest BCUT2D eigenvalue weighted by Gasteiger charge is 2.43. The van der Waals surface area contributed by atoms with Gasteiger partial charge < -0.3 is 73.0 Å². The molecule has 0 saturated carbocycles. The molecule has 3 fully saturated rings. The number of carbonyl (C=O) groups is 14. The molecule has 0 aromatic rings. The van der Waals surface area contributed by atoms with Crippen LogP contribution in [0.3, 0.4) is 0 Å². The minimum atomic E-state index is -1.83. The minimum absolute atomic E-state index is 0.0534. The van der Waals surface area contributed by atoms with Gasteiger partial charge in [-0.3, -0.25) is 62.3 Å². The maximum absolute atomic E-state index is 15.0. The SMILES string of the molecule is CCCC(=O)N1CCC[C@H]1C(=O)N[C@H](C)C(=O)N[C@H](C(=O)N[C@H](CC(C)C)C(=O)N[C@H](C(=O)N[C@H]1C(=O)N[C@@H](C(C)C)C(=O)N[C@H](CC(C)C)C(=O)N[C@@H](C(C)C)C(=O)N[C@H](C)C(=O)NCCC(=O)N2CCC[C@@H]2C(=O)N[C@@H](C(C)C)C(=O)O[C@@H]1C)[C@H](C)CC)C(C)C. The number of ether oxygens (including phenoxy) is 1. The summed E-state index contributed by atoms with van der Waals surface area (Å²) in [4.78, 5) is 200. The summed E-state index contributed by atoms with van der Waals surface area (Å²) >= 11 is 0. The molecule has 0 radical (unpaired) electrons. The maximum atomic E-state index is 15.0. The number of fused-ring (bicyclic) bond motifs is 1. The molecule has 3 aliphatic rings. The molecule has 3 aliphatic heterocycles. The molecule has 28 nitrogen and oxygen atoms in total. The highest BCUT2D eigenvalue weighted by molar-refractivity contribution is 6.00. The van der Waals surface area contributed by atoms with Crippen molar-refractivity contribution in [1.29, 1.82) is 0 Å². The van der Waals surface area contributed by atoms with Crippen LogP contribution in [0.2, 0.25) is 0 Å². The summed E-state index contributed by atoms with van der Waals surface area (Å²) in [5, 5.41) is 29.7. The fraction of sp³-hybridized carbons (Fsp3) is 0.785. The highest BCUT2D eigenvalue weighted by Crippen LogP contribution is 2.22. The summed E-state index contributed by atoms with van der Waals surface area (Å²) in [6.45, 7) is 30.4. The first-order valence-corrected chi connectivity index (χ1v) is 33.6. The van der Waals surface area contributed by atoms with E-state index in [2.05, 4.69) is 58.5 Å². The van der Waals surface area contributed by atoms with Crippen LogP contribution >= 0.6 is 0 Å². The van der Waals surface area contributed by atoms with E-state index in [0.29, 0.717) is 32.2 Å². The highest BCUT2D eigenvalue weighted by atomic mass is 16.5. The Kier molecular flexibility index (Phi) is 32.2. The third-order valence-corrected chi connectivity index (χ3v) is 17.1. The summed E-state index contributed by atoms with van der Waals surface area (Å²) in [5.74, 6) is -13.4. The van der Waals surface area contributed by atoms with E-state index in [4.69, 9.17) is 4.74 Å². The van der Waals surface area contributed by atoms with Crippen molar-refractivity contribution < 1.29 is 71.9 Å². The van der Waals surface area contributed by atoms with E-state index in [-0.39, 0.29) is 69.4 Å². The Balaban J connectivity index is 2.08. The molecule has 526 valence electrons. The van der Waals surface area contributed by atoms with Gasteiger partial charge in [0.1, 0.15) is 78.6 Å². The van der Waals surface area contributed by atoms with E-state index >= 15 is 4.79 Å². The van der Waals surface area contributed by atoms with Gasteiger partial charge in [0.05, 0.1) is 0 Å². The molecule has 0 unspecified atom stereocenters. The van der Waals surface area contributed by atoms with E-state index in [9.17, 15) is 62.3 Å². The molecule has 0 spiro atoms. The molecular formula is C65H111N13O15. The van der Waals surface area contributed by atoms with Gasteiger partial charge in [0.25, 0.3) is 0 Å². The van der Waals surface area contributed by atoms with Crippen LogP contribution in [0.5, 0.6) is 0 Å². The Labute approximate surface area is 549 Å². The molecule has 3 heterocycles. The van der Waals surface area contributed by atoms with Crippen LogP contribution in [-0.2, 0) is 71.9 Å². The average molecular weight is 1310 g/mol. The Morgan fingerprint density at radius 3 is 1.71 bits per heavy atom. The van der Waals surface area contributed by atoms with E-state index in [1.54, 1.807) is 69.2 Å². The van der Waals surface area contributed by atoms with Crippen molar-refractivity contribution in [3.63, 3.8) is 0 Å². The lowest BCUT2D eigenvalue weighted by Gasteiger charge is -2.33. The van der Waals surface area contributed by atoms with Crippen LogP contribution in [0.15, 0.2) is 0 Å². The first-order valence-electron chi connectivity index (χ1n) is 33.6. The molecule has 0 aromatic heterocycles. The van der Waals surface area contributed by atoms with Crippen molar-refractivity contribution in [2.75, 3.05) is 19.6 Å². The van der Waals surface area contributed by atoms with Crippen molar-refractivity contribution in [3.05, 3.63) is 0 Å². The summed E-state index contributed by atoms with van der Waals surface area (Å²) in [7, 11) is 0. The Morgan fingerprint density at radius 1 is 0.581 bits per heavy atom. The fourth-order valence-electron chi connectivity index (χ4n) is 11.3. The fourth-order valence-corrected chi connectivity index (χ4v) is 11.3. The number of hydrogen-bond donors (Lipinski definition) is 11. The zero-order chi connectivity index (χ0) is 70.5. The predicted octanol–water partition coefficient (Wildman–Crippen LogP) is 0.870. The summed E-state index contributed by atoms with van der Waals surface area (Å²) in [6, 6.07) is -15.0. The summed E-state index contributed by atoms with van der Waals surface area (Å²) in [6.07, 6.45) is 1.25. The van der Waals surface area contributed by atoms with Crippen molar-refractivity contribution in [2.24, 2.45) is 41.4 Å². The van der Waals surface area contributed by atoms with Crippen molar-refractivity contribution in [3.8, 4) is 0 Å². The third kappa shape index (κ3) is 23.8. The Hall–Kier alpha value is -7.42. The minimum Gasteiger partial charge on any atom is -0.458 e. The molecule has 3 saturated heterocycles. The quantitative estimate of drug-likeness (QED) is 0.0670. The van der Waals surface area contributed by atoms with Gasteiger partial charge in [-0.25, -0.2) is 4.79 Å². The lowest BCUT2D eigenvalue weighted by atomic mass is 9.95. The Morgan fingerprint density at radius 2 is 1.15 bits per heavy atom. The van der Waals surface area contributed by atoms with Gasteiger partial charge in [-0.05, 0) is 107 Å². The number of amides is 13. The topological polar surface area (TPSA) is 387 Å². The number of rotatable bonds is 22. The molecule has 14 atom stereocenters. The number of nitrogens with one attached hydrogen (secondary N) is 11. The van der Waals surface area contributed by atoms with Crippen LogP contribution in [0.25, 0.3) is 0 Å². The van der Waals surface area contributed by atoms with E-state index in [1.165, 1.54) is 30.6 Å². The van der Waals surface area contributed by atoms with Crippen molar-refractivity contribution >= 4 is 82.8 Å². The maximum Gasteiger partial charge on any atom is 0.329 e. The van der Waals surface area contributed by atoms with E-state index in [0.717, 1.165) is 0 Å². The summed E-state index contributed by atoms with van der Waals surface area (Å²) in [5.41, 5.74) is 0. The Bertz CT molecular complexity index is 2650. The second-order valence-corrected chi connectivity index (χ2v) is 27.5. The molecular weight excluding hydrogens is 1200 g/mol. The first-order chi connectivity index (χ1) is 43.4. The van der Waals surface area contributed by atoms with Gasteiger partial charge in [0, 0.05) is 32.5 Å². The third-order valence-electron chi connectivity index (χ3n) is 17.1. The zero-order valence-corrected chi connectivity index (χ0v) is 58.3. The molecule has 28 heteroatoms. The monoisotopic (exact) mass is 1310 g/mol. The number of esters is 1. The zero-order valence-electron chi connectivity index (χ0n) is 58.3. The van der Waals surface area contributed by atoms with Gasteiger partial charge in [-0.15, -0.1) is 0 Å². The normalized spacial score (nSPS) is 25.4. The number of hydrogen-bond acceptors (Lipinski definition) is 15. The van der Waals surface area contributed by atoms with Gasteiger partial charge in [0.15, 0.2) is 0 Å². The molecule has 0 bridgehead atoms. The standard InChI is InChI=1S/C65H111N13O15/c1-19-23-46(79)77-28-21-24-44(77)58(85)67-40(17)55(82)71-49(35(9)10)61(88)70-43(31-33(5)6)57(84)75-52(38(15)20-2)63(90)76-53-41(18)93-65(92)51(37(13)14)74-59(86)45-25-22-29-78(45)47(80)26-27-66-54(81)39(16)68-60(87)48(34(7)8)72-56(83)42(30-32(3)4)69-62(89)50(36(11)12)73-64(53)91/h32-45,48-53H,19-31H2,1-18H3,(H,66,81)(H,67,85)(H,68,87)(H,69,89)(H,70,88)(H,71,82)(H,72,83)(H,73,91)(H,74,86)(H,75,84)(H,76,90)/t38-,39-,40-,41-,42-,43-,44+,45-,48+,49+,50+,51+,52+,53-/m1/s1. The first kappa shape index (κ1) is 79.8. The van der Waals surface area contributed by atoms with E-state index in [1.807, 2.05) is 34.6 Å². The lowest BCUT2D eigenvalue weighted by Crippen LogP contribution is -2.64. The summed E-state index contributed by atoms with van der Waals surface area (Å²) < 4.78 is 5.99. The van der Waals surface area contributed by atoms with Gasteiger partial charge >= 0.3 is 5.97 Å². The molecule has 13 amide bonds. The molecule has 93 heavy (non-hydrogen) atoms. The van der Waals surface area contributed by atoms with Gasteiger partial charge in [-0.1, -0.05) is 110 Å². The van der Waals surface area contributed by atoms with Crippen LogP contribution in [0.1, 0.15) is 189 Å². The predicted molar refractivity (Wildman–Crippen MR) is 346 cm³/mol. The molecule has 11 N–H and O–H groups in total. The number of cyclic esters (lactones) is 1. The largest absolute Gasteiger partial charge is 0.458 e. The van der Waals surface area contributed by atoms with Crippen molar-refractivity contribution in [1.82, 2.24) is 68.3 Å². The second-order valence-electron chi connectivity index (χ2n) is 27.5. The van der Waals surface area contributed by atoms with Crippen molar-refractivity contribution in [2.45, 2.75) is 267 Å².